The van der Waals surface area contributed by atoms with E-state index in [4.69, 9.17) is 5.73 Å². The number of halogens is 5. The molecule has 0 bridgehead atoms. The van der Waals surface area contributed by atoms with Crippen LogP contribution in [0.15, 0.2) is 18.2 Å². The van der Waals surface area contributed by atoms with Gasteiger partial charge >= 0.3 is 6.18 Å². The zero-order chi connectivity index (χ0) is 12.6. The van der Waals surface area contributed by atoms with Crippen LogP contribution in [0.3, 0.4) is 0 Å². The van der Waals surface area contributed by atoms with Crippen molar-refractivity contribution in [3.8, 4) is 0 Å². The van der Waals surface area contributed by atoms with Gasteiger partial charge in [-0.1, -0.05) is 18.9 Å². The van der Waals surface area contributed by atoms with Crippen LogP contribution in [-0.4, -0.2) is 0 Å². The third-order valence-electron chi connectivity index (χ3n) is 3.01. The summed E-state index contributed by atoms with van der Waals surface area (Å²) in [6, 6.07) is 2.55. The summed E-state index contributed by atoms with van der Waals surface area (Å²) in [6.45, 7) is 0. The molecule has 1 aliphatic carbocycles. The van der Waals surface area contributed by atoms with Crippen LogP contribution in [0.4, 0.5) is 17.6 Å². The van der Waals surface area contributed by atoms with Gasteiger partial charge in [-0.15, -0.1) is 12.4 Å². The van der Waals surface area contributed by atoms with E-state index in [0.29, 0.717) is 17.9 Å². The van der Waals surface area contributed by atoms with E-state index in [2.05, 4.69) is 0 Å². The minimum Gasteiger partial charge on any atom is -0.324 e. The molecule has 1 aliphatic rings. The normalized spacial score (nSPS) is 17.2. The first-order valence-electron chi connectivity index (χ1n) is 5.50. The maximum absolute atomic E-state index is 13.0. The van der Waals surface area contributed by atoms with Gasteiger partial charge < -0.3 is 5.73 Å². The summed E-state index contributed by atoms with van der Waals surface area (Å²) in [5.41, 5.74) is 4.93. The molecular weight excluding hydrogens is 270 g/mol. The lowest BCUT2D eigenvalue weighted by molar-refractivity contribution is -0.140. The molecule has 1 aromatic rings. The quantitative estimate of drug-likeness (QED) is 0.832. The molecule has 2 N–H and O–H groups in total. The molecule has 1 saturated carbocycles. The highest BCUT2D eigenvalue weighted by Crippen LogP contribution is 2.38. The average molecular weight is 284 g/mol. The molecule has 1 aromatic carbocycles. The number of hydrogen-bond donors (Lipinski definition) is 1. The number of benzene rings is 1. The summed E-state index contributed by atoms with van der Waals surface area (Å²) < 4.78 is 50.5. The minimum absolute atomic E-state index is 0. The van der Waals surface area contributed by atoms with Crippen molar-refractivity contribution in [2.24, 2.45) is 11.7 Å². The van der Waals surface area contributed by atoms with E-state index in [1.807, 2.05) is 0 Å². The Morgan fingerprint density at radius 1 is 1.28 bits per heavy atom. The highest BCUT2D eigenvalue weighted by atomic mass is 35.5. The Kier molecular flexibility index (Phi) is 4.61. The first-order chi connectivity index (χ1) is 7.88. The molecule has 0 heterocycles. The highest BCUT2D eigenvalue weighted by molar-refractivity contribution is 5.85. The summed E-state index contributed by atoms with van der Waals surface area (Å²) in [4.78, 5) is 0. The number of hydrogen-bond acceptors (Lipinski definition) is 1. The van der Waals surface area contributed by atoms with Crippen molar-refractivity contribution in [2.75, 3.05) is 0 Å². The zero-order valence-electron chi connectivity index (χ0n) is 9.51. The summed E-state index contributed by atoms with van der Waals surface area (Å²) in [5, 5.41) is 0. The van der Waals surface area contributed by atoms with Gasteiger partial charge in [-0.2, -0.15) is 13.2 Å². The molecule has 2 rings (SSSR count). The molecule has 1 atom stereocenters. The first-order valence-corrected chi connectivity index (χ1v) is 5.50. The van der Waals surface area contributed by atoms with Crippen LogP contribution in [0.2, 0.25) is 0 Å². The Hall–Kier alpha value is -0.810. The smallest absolute Gasteiger partial charge is 0.324 e. The van der Waals surface area contributed by atoms with Gasteiger partial charge in [-0.3, -0.25) is 0 Å². The molecule has 0 aromatic heterocycles. The Labute approximate surface area is 109 Å². The molecule has 0 aliphatic heterocycles. The highest BCUT2D eigenvalue weighted by Gasteiger charge is 2.35. The molecule has 102 valence electrons. The molecule has 6 heteroatoms. The van der Waals surface area contributed by atoms with Crippen molar-refractivity contribution < 1.29 is 17.6 Å². The van der Waals surface area contributed by atoms with Crippen LogP contribution in [0, 0.1) is 11.7 Å². The van der Waals surface area contributed by atoms with Crippen molar-refractivity contribution in [1.29, 1.82) is 0 Å². The van der Waals surface area contributed by atoms with Crippen molar-refractivity contribution >= 4 is 12.4 Å². The number of nitrogens with two attached hydrogens (primary N) is 1. The van der Waals surface area contributed by atoms with Crippen LogP contribution >= 0.6 is 12.4 Å². The summed E-state index contributed by atoms with van der Waals surface area (Å²) in [7, 11) is 0. The number of rotatable bonds is 3. The summed E-state index contributed by atoms with van der Waals surface area (Å²) >= 11 is 0. The van der Waals surface area contributed by atoms with Gasteiger partial charge in [0.1, 0.15) is 5.82 Å². The molecule has 1 nitrogen and oxygen atoms in total. The Morgan fingerprint density at radius 2 is 1.89 bits per heavy atom. The molecule has 0 unspecified atom stereocenters. The topological polar surface area (TPSA) is 26.0 Å². The Morgan fingerprint density at radius 3 is 2.39 bits per heavy atom. The molecule has 0 spiro atoms. The van der Waals surface area contributed by atoms with E-state index >= 15 is 0 Å². The van der Waals surface area contributed by atoms with Gasteiger partial charge in [0.2, 0.25) is 0 Å². The second-order valence-corrected chi connectivity index (χ2v) is 4.52. The fourth-order valence-corrected chi connectivity index (χ4v) is 1.84. The van der Waals surface area contributed by atoms with Crippen molar-refractivity contribution in [3.63, 3.8) is 0 Å². The predicted molar refractivity (Wildman–Crippen MR) is 62.9 cm³/mol. The van der Waals surface area contributed by atoms with Gasteiger partial charge in [0, 0.05) is 6.04 Å². The van der Waals surface area contributed by atoms with Gasteiger partial charge in [0.25, 0.3) is 0 Å². The van der Waals surface area contributed by atoms with E-state index < -0.39 is 23.6 Å². The third kappa shape index (κ3) is 3.59. The van der Waals surface area contributed by atoms with Crippen LogP contribution in [0.25, 0.3) is 0 Å². The van der Waals surface area contributed by atoms with Crippen molar-refractivity contribution in [3.05, 3.63) is 35.1 Å². The average Bonchev–Trinajstić information content (AvgIpc) is 3.00. The van der Waals surface area contributed by atoms with Crippen LogP contribution in [0.5, 0.6) is 0 Å². The molecule has 1 fully saturated rings. The molecular formula is C12H14ClF4N. The fraction of sp³-hybridized carbons (Fsp3) is 0.500. The van der Waals surface area contributed by atoms with Gasteiger partial charge in [-0.25, -0.2) is 4.39 Å². The largest absolute Gasteiger partial charge is 0.419 e. The Balaban J connectivity index is 0.00000162. The lowest BCUT2D eigenvalue weighted by Gasteiger charge is -2.14. The lowest BCUT2D eigenvalue weighted by atomic mass is 9.99. The summed E-state index contributed by atoms with van der Waals surface area (Å²) in [6.07, 6.45) is -1.83. The van der Waals surface area contributed by atoms with Crippen LogP contribution in [0.1, 0.15) is 36.4 Å². The van der Waals surface area contributed by atoms with E-state index in [-0.39, 0.29) is 12.4 Å². The molecule has 0 saturated heterocycles. The van der Waals surface area contributed by atoms with Crippen molar-refractivity contribution in [2.45, 2.75) is 31.5 Å². The molecule has 18 heavy (non-hydrogen) atoms. The monoisotopic (exact) mass is 283 g/mol. The predicted octanol–water partition coefficient (Wildman–Crippen LogP) is 4.07. The third-order valence-corrected chi connectivity index (χ3v) is 3.01. The Bertz CT molecular complexity index is 415. The lowest BCUT2D eigenvalue weighted by Crippen LogP contribution is -2.14. The van der Waals surface area contributed by atoms with E-state index in [9.17, 15) is 17.6 Å². The second-order valence-electron chi connectivity index (χ2n) is 4.52. The maximum atomic E-state index is 13.0. The van der Waals surface area contributed by atoms with E-state index in [0.717, 1.165) is 25.0 Å². The first kappa shape index (κ1) is 15.2. The second kappa shape index (κ2) is 5.45. The van der Waals surface area contributed by atoms with Gasteiger partial charge in [-0.05, 0) is 30.0 Å². The van der Waals surface area contributed by atoms with E-state index in [1.54, 1.807) is 0 Å². The van der Waals surface area contributed by atoms with Crippen molar-refractivity contribution in [1.82, 2.24) is 0 Å². The SMILES string of the molecule is Cl.N[C@@H](CC1CC1)c1ccc(F)c(C(F)(F)F)c1. The fourth-order valence-electron chi connectivity index (χ4n) is 1.84. The van der Waals surface area contributed by atoms with Crippen LogP contribution in [-0.2, 0) is 6.18 Å². The molecule has 0 amide bonds. The standard InChI is InChI=1S/C12H13F4N.ClH/c13-10-4-3-8(6-9(10)12(14,15)16)11(17)5-7-1-2-7;/h3-4,6-7,11H,1-2,5,17H2;1H/t11-;/m0./s1. The number of alkyl halides is 3. The molecule has 0 radical (unpaired) electrons. The van der Waals surface area contributed by atoms with E-state index in [1.165, 1.54) is 6.07 Å². The zero-order valence-corrected chi connectivity index (χ0v) is 10.3. The van der Waals surface area contributed by atoms with Gasteiger partial charge in [0.15, 0.2) is 0 Å². The van der Waals surface area contributed by atoms with Crippen LogP contribution < -0.4 is 5.73 Å². The minimum atomic E-state index is -4.67. The van der Waals surface area contributed by atoms with Gasteiger partial charge in [0.05, 0.1) is 5.56 Å². The summed E-state index contributed by atoms with van der Waals surface area (Å²) in [5.74, 6) is -0.732. The maximum Gasteiger partial charge on any atom is 0.419 e.